The molecule has 0 fully saturated rings. The Labute approximate surface area is 145 Å². The Bertz CT molecular complexity index is 760. The molecule has 2 aromatic carbocycles. The van der Waals surface area contributed by atoms with Gasteiger partial charge >= 0.3 is 0 Å². The second-order valence-corrected chi connectivity index (χ2v) is 5.23. The normalized spacial score (nSPS) is 11.0. The van der Waals surface area contributed by atoms with Crippen molar-refractivity contribution in [2.45, 2.75) is 6.42 Å². The molecular formula is C19H19FN2O3. The van der Waals surface area contributed by atoms with E-state index in [-0.39, 0.29) is 24.4 Å². The summed E-state index contributed by atoms with van der Waals surface area (Å²) in [5.74, 6) is -1.53. The molecule has 0 saturated carbocycles. The molecule has 130 valence electrons. The van der Waals surface area contributed by atoms with Gasteiger partial charge in [0.1, 0.15) is 11.5 Å². The summed E-state index contributed by atoms with van der Waals surface area (Å²) in [6.07, 6.45) is 1.66. The lowest BCUT2D eigenvalue weighted by atomic mass is 10.1. The largest absolute Gasteiger partial charge is 0.396 e. The molecule has 2 aromatic rings. The maximum Gasteiger partial charge on any atom is 0.267 e. The third-order valence-electron chi connectivity index (χ3n) is 3.35. The molecule has 2 rings (SSSR count). The minimum atomic E-state index is -0.555. The number of halogens is 1. The van der Waals surface area contributed by atoms with Crippen LogP contribution in [0.3, 0.4) is 0 Å². The number of carbonyl (C=O) groups excluding carboxylic acids is 2. The van der Waals surface area contributed by atoms with Gasteiger partial charge in [-0.2, -0.15) is 0 Å². The molecule has 0 atom stereocenters. The van der Waals surface area contributed by atoms with Crippen molar-refractivity contribution in [3.05, 3.63) is 77.2 Å². The van der Waals surface area contributed by atoms with E-state index in [0.717, 1.165) is 0 Å². The van der Waals surface area contributed by atoms with E-state index in [2.05, 4.69) is 10.6 Å². The minimum absolute atomic E-state index is 0.0665. The monoisotopic (exact) mass is 342 g/mol. The molecule has 0 spiro atoms. The Hall–Kier alpha value is -2.99. The summed E-state index contributed by atoms with van der Waals surface area (Å²) < 4.78 is 13.9. The van der Waals surface area contributed by atoms with E-state index in [1.807, 2.05) is 0 Å². The highest BCUT2D eigenvalue weighted by Crippen LogP contribution is 2.11. The lowest BCUT2D eigenvalue weighted by Gasteiger charge is -2.11. The lowest BCUT2D eigenvalue weighted by molar-refractivity contribution is -0.117. The number of aliphatic hydroxyl groups is 1. The summed E-state index contributed by atoms with van der Waals surface area (Å²) in [7, 11) is 0. The van der Waals surface area contributed by atoms with Gasteiger partial charge in [0.05, 0.1) is 0 Å². The molecule has 0 aromatic heterocycles. The lowest BCUT2D eigenvalue weighted by Crippen LogP contribution is -2.35. The van der Waals surface area contributed by atoms with E-state index in [1.165, 1.54) is 24.3 Å². The third-order valence-corrected chi connectivity index (χ3v) is 3.35. The van der Waals surface area contributed by atoms with E-state index in [1.54, 1.807) is 36.4 Å². The van der Waals surface area contributed by atoms with Crippen molar-refractivity contribution in [3.8, 4) is 0 Å². The fourth-order valence-electron chi connectivity index (χ4n) is 2.07. The first-order valence-electron chi connectivity index (χ1n) is 7.83. The van der Waals surface area contributed by atoms with Crippen molar-refractivity contribution in [1.29, 1.82) is 0 Å². The van der Waals surface area contributed by atoms with E-state index in [4.69, 9.17) is 5.11 Å². The van der Waals surface area contributed by atoms with Gasteiger partial charge < -0.3 is 15.7 Å². The average molecular weight is 342 g/mol. The standard InChI is InChI=1S/C19H19FN2O3/c20-16-10-5-4-9-15(16)13-17(19(25)21-11-6-12-23)22-18(24)14-7-2-1-3-8-14/h1-5,7-10,13,23H,6,11-12H2,(H,21,25)(H,22,24)/b17-13+. The second kappa shape index (κ2) is 9.34. The van der Waals surface area contributed by atoms with Gasteiger partial charge in [-0.1, -0.05) is 36.4 Å². The first kappa shape index (κ1) is 18.4. The topological polar surface area (TPSA) is 78.4 Å². The molecule has 0 aliphatic rings. The minimum Gasteiger partial charge on any atom is -0.396 e. The maximum atomic E-state index is 13.9. The van der Waals surface area contributed by atoms with Crippen LogP contribution in [0.4, 0.5) is 4.39 Å². The Morgan fingerprint density at radius 1 is 1.04 bits per heavy atom. The SMILES string of the molecule is O=C(NCCCO)/C(=C\c1ccccc1F)NC(=O)c1ccccc1. The Kier molecular flexibility index (Phi) is 6.86. The predicted octanol–water partition coefficient (Wildman–Crippen LogP) is 2.10. The van der Waals surface area contributed by atoms with Crippen LogP contribution in [-0.4, -0.2) is 30.1 Å². The van der Waals surface area contributed by atoms with Gasteiger partial charge in [0.25, 0.3) is 11.8 Å². The van der Waals surface area contributed by atoms with Crippen LogP contribution in [0.25, 0.3) is 6.08 Å². The van der Waals surface area contributed by atoms with Gasteiger partial charge in [0.15, 0.2) is 0 Å². The Morgan fingerprint density at radius 3 is 2.40 bits per heavy atom. The average Bonchev–Trinajstić information content (AvgIpc) is 2.63. The van der Waals surface area contributed by atoms with E-state index in [0.29, 0.717) is 12.0 Å². The molecule has 0 bridgehead atoms. The van der Waals surface area contributed by atoms with Crippen LogP contribution in [0.2, 0.25) is 0 Å². The molecule has 25 heavy (non-hydrogen) atoms. The summed E-state index contributed by atoms with van der Waals surface area (Å²) in [6, 6.07) is 14.4. The summed E-state index contributed by atoms with van der Waals surface area (Å²) in [5, 5.41) is 13.9. The zero-order chi connectivity index (χ0) is 18.1. The number of benzene rings is 2. The van der Waals surface area contributed by atoms with Crippen LogP contribution in [-0.2, 0) is 4.79 Å². The smallest absolute Gasteiger partial charge is 0.267 e. The molecule has 6 heteroatoms. The maximum absolute atomic E-state index is 13.9. The first-order valence-corrected chi connectivity index (χ1v) is 7.83. The molecule has 0 unspecified atom stereocenters. The number of hydrogen-bond donors (Lipinski definition) is 3. The molecular weight excluding hydrogens is 323 g/mol. The van der Waals surface area contributed by atoms with Gasteiger partial charge in [-0.15, -0.1) is 0 Å². The van der Waals surface area contributed by atoms with Gasteiger partial charge in [0, 0.05) is 24.3 Å². The van der Waals surface area contributed by atoms with Crippen molar-refractivity contribution in [2.75, 3.05) is 13.2 Å². The molecule has 0 radical (unpaired) electrons. The third kappa shape index (κ3) is 5.54. The zero-order valence-electron chi connectivity index (χ0n) is 13.5. The number of hydrogen-bond acceptors (Lipinski definition) is 3. The van der Waals surface area contributed by atoms with Gasteiger partial charge in [0.2, 0.25) is 0 Å². The summed E-state index contributed by atoms with van der Waals surface area (Å²) in [4.78, 5) is 24.6. The van der Waals surface area contributed by atoms with Gasteiger partial charge in [-0.05, 0) is 30.7 Å². The van der Waals surface area contributed by atoms with Crippen LogP contribution in [0.1, 0.15) is 22.3 Å². The van der Waals surface area contributed by atoms with Crippen molar-refractivity contribution in [3.63, 3.8) is 0 Å². The zero-order valence-corrected chi connectivity index (χ0v) is 13.5. The number of nitrogens with one attached hydrogen (secondary N) is 2. The molecule has 0 saturated heterocycles. The molecule has 5 nitrogen and oxygen atoms in total. The van der Waals surface area contributed by atoms with E-state index >= 15 is 0 Å². The highest BCUT2D eigenvalue weighted by atomic mass is 19.1. The molecule has 0 aliphatic carbocycles. The van der Waals surface area contributed by atoms with Gasteiger partial charge in [-0.25, -0.2) is 4.39 Å². The number of rotatable bonds is 7. The number of aliphatic hydroxyl groups excluding tert-OH is 1. The van der Waals surface area contributed by atoms with E-state index < -0.39 is 17.6 Å². The molecule has 2 amide bonds. The Balaban J connectivity index is 2.24. The van der Waals surface area contributed by atoms with Gasteiger partial charge in [-0.3, -0.25) is 9.59 Å². The Morgan fingerprint density at radius 2 is 1.72 bits per heavy atom. The number of carbonyl (C=O) groups is 2. The fourth-order valence-corrected chi connectivity index (χ4v) is 2.07. The quantitative estimate of drug-likeness (QED) is 0.533. The molecule has 0 aliphatic heterocycles. The first-order chi connectivity index (χ1) is 12.1. The van der Waals surface area contributed by atoms with Crippen molar-refractivity contribution < 1.29 is 19.1 Å². The van der Waals surface area contributed by atoms with Crippen molar-refractivity contribution in [1.82, 2.24) is 10.6 Å². The highest BCUT2D eigenvalue weighted by molar-refractivity contribution is 6.05. The van der Waals surface area contributed by atoms with Crippen LogP contribution < -0.4 is 10.6 Å². The number of amides is 2. The van der Waals surface area contributed by atoms with Crippen LogP contribution in [0.5, 0.6) is 0 Å². The molecule has 0 heterocycles. The fraction of sp³-hybridized carbons (Fsp3) is 0.158. The van der Waals surface area contributed by atoms with Crippen molar-refractivity contribution >= 4 is 17.9 Å². The summed E-state index contributed by atoms with van der Waals surface area (Å²) >= 11 is 0. The van der Waals surface area contributed by atoms with Crippen LogP contribution >= 0.6 is 0 Å². The highest BCUT2D eigenvalue weighted by Gasteiger charge is 2.15. The predicted molar refractivity (Wildman–Crippen MR) is 93.0 cm³/mol. The second-order valence-electron chi connectivity index (χ2n) is 5.23. The van der Waals surface area contributed by atoms with E-state index in [9.17, 15) is 14.0 Å². The van der Waals surface area contributed by atoms with Crippen LogP contribution in [0.15, 0.2) is 60.3 Å². The molecule has 3 N–H and O–H groups in total. The summed E-state index contributed by atoms with van der Waals surface area (Å²) in [5.41, 5.74) is 0.491. The van der Waals surface area contributed by atoms with Crippen LogP contribution in [0, 0.1) is 5.82 Å². The summed E-state index contributed by atoms with van der Waals surface area (Å²) in [6.45, 7) is 0.175. The van der Waals surface area contributed by atoms with Crippen molar-refractivity contribution in [2.24, 2.45) is 0 Å².